The van der Waals surface area contributed by atoms with Gasteiger partial charge in [-0.2, -0.15) is 0 Å². The molecule has 2 N–H and O–H groups in total. The number of hydrogen-bond donors (Lipinski definition) is 2. The van der Waals surface area contributed by atoms with Crippen LogP contribution in [-0.4, -0.2) is 25.5 Å². The Kier molecular flexibility index (Phi) is 4.23. The molecule has 5 heteroatoms. The highest BCUT2D eigenvalue weighted by atomic mass is 16.7. The molecule has 0 radical (unpaired) electrons. The minimum Gasteiger partial charge on any atom is -0.377 e. The monoisotopic (exact) mass is 146 g/mol. The molecule has 0 rings (SSSR count). The van der Waals surface area contributed by atoms with Crippen molar-refractivity contribution in [2.45, 2.75) is 6.92 Å². The second-order valence-electron chi connectivity index (χ2n) is 1.61. The van der Waals surface area contributed by atoms with E-state index in [0.29, 0.717) is 0 Å². The molecule has 0 atom stereocenters. The molecule has 0 aliphatic rings. The number of carbonyl (C=O) groups is 1. The van der Waals surface area contributed by atoms with Gasteiger partial charge >= 0.3 is 5.97 Å². The van der Waals surface area contributed by atoms with Crippen molar-refractivity contribution in [3.8, 4) is 0 Å². The number of ether oxygens (including phenoxy) is 1. The Bertz CT molecular complexity index is 135. The molecule has 0 amide bonds. The first-order valence-corrected chi connectivity index (χ1v) is 2.66. The summed E-state index contributed by atoms with van der Waals surface area (Å²) in [5.41, 5.74) is 2.09. The van der Waals surface area contributed by atoms with Crippen LogP contribution < -0.4 is 5.48 Å². The molecule has 0 bridgehead atoms. The van der Waals surface area contributed by atoms with E-state index >= 15 is 0 Å². The summed E-state index contributed by atoms with van der Waals surface area (Å²) in [5.74, 6) is -0.474. The van der Waals surface area contributed by atoms with Crippen molar-refractivity contribution in [1.29, 1.82) is 5.41 Å². The Balaban J connectivity index is 3.30. The molecule has 0 aromatic heterocycles. The second kappa shape index (κ2) is 4.75. The van der Waals surface area contributed by atoms with Crippen molar-refractivity contribution in [2.75, 3.05) is 13.7 Å². The lowest BCUT2D eigenvalue weighted by atomic mass is 10.7. The molecule has 0 aliphatic carbocycles. The van der Waals surface area contributed by atoms with Crippen LogP contribution in [0.15, 0.2) is 0 Å². The average molecular weight is 146 g/mol. The molecule has 0 aromatic carbocycles. The topological polar surface area (TPSA) is 71.4 Å². The van der Waals surface area contributed by atoms with E-state index in [1.165, 1.54) is 14.0 Å². The van der Waals surface area contributed by atoms with Gasteiger partial charge in [0.15, 0.2) is 5.84 Å². The number of carbonyl (C=O) groups excluding carboxylic acids is 1. The van der Waals surface area contributed by atoms with E-state index in [9.17, 15) is 4.79 Å². The molecular weight excluding hydrogens is 136 g/mol. The fraction of sp³-hybridized carbons (Fsp3) is 0.600. The van der Waals surface area contributed by atoms with Gasteiger partial charge in [0, 0.05) is 14.0 Å². The molecule has 0 aliphatic heterocycles. The molecule has 5 nitrogen and oxygen atoms in total. The van der Waals surface area contributed by atoms with Gasteiger partial charge in [-0.25, -0.2) is 5.48 Å². The van der Waals surface area contributed by atoms with Crippen LogP contribution in [0, 0.1) is 5.41 Å². The first kappa shape index (κ1) is 8.90. The summed E-state index contributed by atoms with van der Waals surface area (Å²) in [6.07, 6.45) is 0. The Hall–Kier alpha value is -1.10. The molecule has 0 spiro atoms. The molecule has 0 saturated heterocycles. The zero-order valence-electron chi connectivity index (χ0n) is 5.93. The van der Waals surface area contributed by atoms with Gasteiger partial charge < -0.3 is 9.57 Å². The SMILES string of the molecule is COCC(=N)NOC(C)=O. The molecule has 58 valence electrons. The summed E-state index contributed by atoms with van der Waals surface area (Å²) >= 11 is 0. The van der Waals surface area contributed by atoms with E-state index < -0.39 is 5.97 Å². The highest BCUT2D eigenvalue weighted by Gasteiger charge is 1.95. The quantitative estimate of drug-likeness (QED) is 0.318. The lowest BCUT2D eigenvalue weighted by Gasteiger charge is -2.03. The van der Waals surface area contributed by atoms with Crippen LogP contribution in [-0.2, 0) is 14.4 Å². The number of hydrogen-bond acceptors (Lipinski definition) is 4. The Morgan fingerprint density at radius 2 is 2.30 bits per heavy atom. The summed E-state index contributed by atoms with van der Waals surface area (Å²) in [6.45, 7) is 1.35. The van der Waals surface area contributed by atoms with Crippen LogP contribution in [0.1, 0.15) is 6.92 Å². The Morgan fingerprint density at radius 1 is 1.70 bits per heavy atom. The van der Waals surface area contributed by atoms with Crippen LogP contribution in [0.4, 0.5) is 0 Å². The van der Waals surface area contributed by atoms with Crippen LogP contribution in [0.25, 0.3) is 0 Å². The third-order valence-corrected chi connectivity index (χ3v) is 0.607. The van der Waals surface area contributed by atoms with E-state index in [4.69, 9.17) is 5.41 Å². The lowest BCUT2D eigenvalue weighted by Crippen LogP contribution is -2.28. The molecular formula is C5H10N2O3. The van der Waals surface area contributed by atoms with Crippen LogP contribution in [0.2, 0.25) is 0 Å². The second-order valence-corrected chi connectivity index (χ2v) is 1.61. The van der Waals surface area contributed by atoms with Crippen molar-refractivity contribution < 1.29 is 14.4 Å². The van der Waals surface area contributed by atoms with Crippen molar-refractivity contribution >= 4 is 11.8 Å². The minimum atomic E-state index is -0.485. The molecule has 10 heavy (non-hydrogen) atoms. The molecule has 0 aromatic rings. The van der Waals surface area contributed by atoms with Gasteiger partial charge in [0.1, 0.15) is 6.61 Å². The van der Waals surface area contributed by atoms with Crippen molar-refractivity contribution in [3.63, 3.8) is 0 Å². The average Bonchev–Trinajstić information content (AvgIpc) is 1.85. The standard InChI is InChI=1S/C5H10N2O3/c1-4(8)10-7-5(6)3-9-2/h3H2,1-2H3,(H2,6,7). The van der Waals surface area contributed by atoms with Crippen molar-refractivity contribution in [2.24, 2.45) is 0 Å². The van der Waals surface area contributed by atoms with Crippen LogP contribution in [0.3, 0.4) is 0 Å². The van der Waals surface area contributed by atoms with Gasteiger partial charge in [0.05, 0.1) is 0 Å². The Labute approximate surface area is 58.8 Å². The smallest absolute Gasteiger partial charge is 0.329 e. The number of methoxy groups -OCH3 is 1. The summed E-state index contributed by atoms with van der Waals surface area (Å²) in [5, 5.41) is 6.97. The largest absolute Gasteiger partial charge is 0.377 e. The summed E-state index contributed by atoms with van der Waals surface area (Å²) < 4.78 is 4.56. The van der Waals surface area contributed by atoms with Crippen molar-refractivity contribution in [1.82, 2.24) is 5.48 Å². The zero-order valence-corrected chi connectivity index (χ0v) is 5.93. The summed E-state index contributed by atoms with van der Waals surface area (Å²) in [7, 11) is 1.45. The summed E-state index contributed by atoms with van der Waals surface area (Å²) in [4.78, 5) is 14.4. The first-order chi connectivity index (χ1) is 4.66. The van der Waals surface area contributed by atoms with E-state index in [2.05, 4.69) is 15.1 Å². The lowest BCUT2D eigenvalue weighted by molar-refractivity contribution is -0.145. The number of hydroxylamine groups is 1. The van der Waals surface area contributed by atoms with Gasteiger partial charge in [-0.05, 0) is 0 Å². The molecule has 0 fully saturated rings. The normalized spacial score (nSPS) is 8.60. The Morgan fingerprint density at radius 3 is 2.70 bits per heavy atom. The third-order valence-electron chi connectivity index (χ3n) is 0.607. The fourth-order valence-electron chi connectivity index (χ4n) is 0.307. The molecule has 0 heterocycles. The maximum absolute atomic E-state index is 10.1. The van der Waals surface area contributed by atoms with Crippen molar-refractivity contribution in [3.05, 3.63) is 0 Å². The number of rotatable bonds is 2. The van der Waals surface area contributed by atoms with Gasteiger partial charge in [-0.15, -0.1) is 0 Å². The highest BCUT2D eigenvalue weighted by Crippen LogP contribution is 1.72. The maximum atomic E-state index is 10.1. The molecule has 0 saturated carbocycles. The fourth-order valence-corrected chi connectivity index (χ4v) is 0.307. The first-order valence-electron chi connectivity index (χ1n) is 2.66. The minimum absolute atomic E-state index is 0.0118. The zero-order chi connectivity index (χ0) is 7.98. The van der Waals surface area contributed by atoms with E-state index in [0.717, 1.165) is 0 Å². The third kappa shape index (κ3) is 5.04. The number of nitrogens with one attached hydrogen (secondary N) is 2. The van der Waals surface area contributed by atoms with Crippen LogP contribution >= 0.6 is 0 Å². The van der Waals surface area contributed by atoms with Gasteiger partial charge in [0.2, 0.25) is 0 Å². The predicted octanol–water partition coefficient (Wildman–Crippen LogP) is -0.322. The maximum Gasteiger partial charge on any atom is 0.329 e. The highest BCUT2D eigenvalue weighted by molar-refractivity contribution is 5.80. The van der Waals surface area contributed by atoms with Crippen LogP contribution in [0.5, 0.6) is 0 Å². The van der Waals surface area contributed by atoms with Gasteiger partial charge in [0.25, 0.3) is 0 Å². The van der Waals surface area contributed by atoms with Gasteiger partial charge in [-0.3, -0.25) is 10.2 Å². The van der Waals surface area contributed by atoms with Gasteiger partial charge in [-0.1, -0.05) is 0 Å². The number of amidine groups is 1. The molecule has 0 unspecified atom stereocenters. The van der Waals surface area contributed by atoms with E-state index in [1.807, 2.05) is 0 Å². The van der Waals surface area contributed by atoms with E-state index in [1.54, 1.807) is 0 Å². The summed E-state index contributed by atoms with van der Waals surface area (Å²) in [6, 6.07) is 0. The van der Waals surface area contributed by atoms with E-state index in [-0.39, 0.29) is 12.4 Å². The predicted molar refractivity (Wildman–Crippen MR) is 34.5 cm³/mol.